The van der Waals surface area contributed by atoms with E-state index in [1.807, 2.05) is 0 Å². The Kier molecular flexibility index (Phi) is 2.98. The van der Waals surface area contributed by atoms with Crippen molar-refractivity contribution in [3.05, 3.63) is 35.4 Å². The molecule has 2 N–H and O–H groups in total. The maximum atomic E-state index is 13.7. The summed E-state index contributed by atoms with van der Waals surface area (Å²) in [6.07, 6.45) is 3.33. The van der Waals surface area contributed by atoms with E-state index in [4.69, 9.17) is 5.73 Å². The largest absolute Gasteiger partial charge is 0.321 e. The average molecular weight is 225 g/mol. The molecule has 1 aromatic carbocycles. The number of nitrogens with two attached hydrogens (primary N) is 1. The smallest absolute Gasteiger partial charge is 0.131 e. The molecular formula is C13H17F2N. The van der Waals surface area contributed by atoms with E-state index in [1.54, 1.807) is 0 Å². The Morgan fingerprint density at radius 3 is 2.50 bits per heavy atom. The third kappa shape index (κ3) is 1.84. The Morgan fingerprint density at radius 1 is 1.38 bits per heavy atom. The van der Waals surface area contributed by atoms with Crippen LogP contribution in [0.5, 0.6) is 0 Å². The summed E-state index contributed by atoms with van der Waals surface area (Å²) in [6.45, 7) is 2.09. The molecule has 0 spiro atoms. The second kappa shape index (κ2) is 4.13. The molecule has 1 aromatic rings. The van der Waals surface area contributed by atoms with Gasteiger partial charge in [0.15, 0.2) is 0 Å². The second-order valence-electron chi connectivity index (χ2n) is 4.77. The van der Waals surface area contributed by atoms with Crippen molar-refractivity contribution in [3.63, 3.8) is 0 Å². The first-order valence-corrected chi connectivity index (χ1v) is 5.80. The first-order valence-electron chi connectivity index (χ1n) is 5.80. The van der Waals surface area contributed by atoms with Crippen LogP contribution in [-0.4, -0.2) is 0 Å². The Balaban J connectivity index is 2.37. The highest BCUT2D eigenvalue weighted by Gasteiger charge is 2.39. The van der Waals surface area contributed by atoms with Gasteiger partial charge in [-0.05, 0) is 37.3 Å². The summed E-state index contributed by atoms with van der Waals surface area (Å²) < 4.78 is 27.3. The SMILES string of the molecule is CCC1CCC(N)(c2c(F)cccc2F)C1. The van der Waals surface area contributed by atoms with Gasteiger partial charge in [0.1, 0.15) is 11.6 Å². The second-order valence-corrected chi connectivity index (χ2v) is 4.77. The quantitative estimate of drug-likeness (QED) is 0.820. The molecule has 88 valence electrons. The van der Waals surface area contributed by atoms with E-state index in [-0.39, 0.29) is 5.56 Å². The monoisotopic (exact) mass is 225 g/mol. The van der Waals surface area contributed by atoms with Crippen LogP contribution in [0.1, 0.15) is 38.2 Å². The average Bonchev–Trinajstić information content (AvgIpc) is 2.61. The molecule has 2 unspecified atom stereocenters. The summed E-state index contributed by atoms with van der Waals surface area (Å²) in [6, 6.07) is 3.95. The van der Waals surface area contributed by atoms with E-state index in [2.05, 4.69) is 6.92 Å². The third-order valence-corrected chi connectivity index (χ3v) is 3.69. The number of halogens is 2. The van der Waals surface area contributed by atoms with Crippen LogP contribution in [0.25, 0.3) is 0 Å². The van der Waals surface area contributed by atoms with Crippen molar-refractivity contribution in [2.24, 2.45) is 11.7 Å². The summed E-state index contributed by atoms with van der Waals surface area (Å²) in [5, 5.41) is 0. The molecule has 2 rings (SSSR count). The summed E-state index contributed by atoms with van der Waals surface area (Å²) in [5.41, 5.74) is 5.43. The highest BCUT2D eigenvalue weighted by atomic mass is 19.1. The lowest BCUT2D eigenvalue weighted by Gasteiger charge is -2.25. The fourth-order valence-corrected chi connectivity index (χ4v) is 2.73. The van der Waals surface area contributed by atoms with Gasteiger partial charge in [0.05, 0.1) is 0 Å². The van der Waals surface area contributed by atoms with Crippen LogP contribution in [0.2, 0.25) is 0 Å². The van der Waals surface area contributed by atoms with Gasteiger partial charge in [-0.2, -0.15) is 0 Å². The molecule has 1 aliphatic rings. The van der Waals surface area contributed by atoms with E-state index in [1.165, 1.54) is 18.2 Å². The Labute approximate surface area is 94.7 Å². The van der Waals surface area contributed by atoms with Gasteiger partial charge in [-0.25, -0.2) is 8.78 Å². The lowest BCUT2D eigenvalue weighted by Crippen LogP contribution is -2.35. The van der Waals surface area contributed by atoms with Crippen LogP contribution >= 0.6 is 0 Å². The molecule has 1 fully saturated rings. The lowest BCUT2D eigenvalue weighted by atomic mass is 9.87. The van der Waals surface area contributed by atoms with Crippen LogP contribution in [0.3, 0.4) is 0 Å². The van der Waals surface area contributed by atoms with Crippen LogP contribution < -0.4 is 5.73 Å². The van der Waals surface area contributed by atoms with Gasteiger partial charge >= 0.3 is 0 Å². The van der Waals surface area contributed by atoms with Gasteiger partial charge in [0.2, 0.25) is 0 Å². The molecule has 0 bridgehead atoms. The minimum Gasteiger partial charge on any atom is -0.321 e. The number of hydrogen-bond donors (Lipinski definition) is 1. The van der Waals surface area contributed by atoms with Crippen molar-refractivity contribution in [1.29, 1.82) is 0 Å². The summed E-state index contributed by atoms with van der Waals surface area (Å²) >= 11 is 0. The number of hydrogen-bond acceptors (Lipinski definition) is 1. The molecular weight excluding hydrogens is 208 g/mol. The Hall–Kier alpha value is -0.960. The molecule has 1 nitrogen and oxygen atoms in total. The molecule has 0 aromatic heterocycles. The Morgan fingerprint density at radius 2 is 2.00 bits per heavy atom. The first kappa shape index (κ1) is 11.5. The summed E-state index contributed by atoms with van der Waals surface area (Å²) in [5.74, 6) is -0.539. The van der Waals surface area contributed by atoms with Crippen LogP contribution in [-0.2, 0) is 5.54 Å². The van der Waals surface area contributed by atoms with E-state index < -0.39 is 17.2 Å². The fourth-order valence-electron chi connectivity index (χ4n) is 2.73. The molecule has 0 aliphatic heterocycles. The van der Waals surface area contributed by atoms with Gasteiger partial charge in [0.25, 0.3) is 0 Å². The van der Waals surface area contributed by atoms with Crippen molar-refractivity contribution in [2.45, 2.75) is 38.1 Å². The van der Waals surface area contributed by atoms with Gasteiger partial charge in [-0.1, -0.05) is 19.4 Å². The summed E-state index contributed by atoms with van der Waals surface area (Å²) in [4.78, 5) is 0. The van der Waals surface area contributed by atoms with Crippen molar-refractivity contribution in [2.75, 3.05) is 0 Å². The maximum absolute atomic E-state index is 13.7. The van der Waals surface area contributed by atoms with Crippen LogP contribution in [0, 0.1) is 17.6 Å². The van der Waals surface area contributed by atoms with Gasteiger partial charge in [-0.15, -0.1) is 0 Å². The lowest BCUT2D eigenvalue weighted by molar-refractivity contribution is 0.384. The highest BCUT2D eigenvalue weighted by Crippen LogP contribution is 2.42. The molecule has 0 amide bonds. The molecule has 16 heavy (non-hydrogen) atoms. The number of benzene rings is 1. The van der Waals surface area contributed by atoms with Crippen molar-refractivity contribution < 1.29 is 8.78 Å². The van der Waals surface area contributed by atoms with Crippen molar-refractivity contribution in [3.8, 4) is 0 Å². The molecule has 3 heteroatoms. The van der Waals surface area contributed by atoms with E-state index in [0.717, 1.165) is 12.8 Å². The molecule has 0 saturated heterocycles. The van der Waals surface area contributed by atoms with Crippen LogP contribution in [0.4, 0.5) is 8.78 Å². The molecule has 0 heterocycles. The highest BCUT2D eigenvalue weighted by molar-refractivity contribution is 5.29. The minimum atomic E-state index is -0.809. The van der Waals surface area contributed by atoms with Crippen LogP contribution in [0.15, 0.2) is 18.2 Å². The fraction of sp³-hybridized carbons (Fsp3) is 0.538. The van der Waals surface area contributed by atoms with E-state index >= 15 is 0 Å². The number of rotatable bonds is 2. The van der Waals surface area contributed by atoms with E-state index in [9.17, 15) is 8.78 Å². The molecule has 0 radical (unpaired) electrons. The Bertz CT molecular complexity index is 371. The standard InChI is InChI=1S/C13H17F2N/c1-2-9-6-7-13(16,8-9)12-10(14)4-3-5-11(12)15/h3-5,9H,2,6-8,16H2,1H3. The third-order valence-electron chi connectivity index (χ3n) is 3.69. The van der Waals surface area contributed by atoms with E-state index in [0.29, 0.717) is 18.8 Å². The van der Waals surface area contributed by atoms with Crippen molar-refractivity contribution >= 4 is 0 Å². The normalized spacial score (nSPS) is 29.6. The molecule has 2 atom stereocenters. The zero-order valence-corrected chi connectivity index (χ0v) is 9.47. The predicted molar refractivity (Wildman–Crippen MR) is 59.9 cm³/mol. The molecule has 1 aliphatic carbocycles. The molecule has 1 saturated carbocycles. The minimum absolute atomic E-state index is 0.0750. The maximum Gasteiger partial charge on any atom is 0.131 e. The van der Waals surface area contributed by atoms with Gasteiger partial charge < -0.3 is 5.73 Å². The summed E-state index contributed by atoms with van der Waals surface area (Å²) in [7, 11) is 0. The van der Waals surface area contributed by atoms with Crippen molar-refractivity contribution in [1.82, 2.24) is 0 Å². The predicted octanol–water partition coefficient (Wildman–Crippen LogP) is 3.33. The zero-order valence-electron chi connectivity index (χ0n) is 9.47. The van der Waals surface area contributed by atoms with Gasteiger partial charge in [0, 0.05) is 11.1 Å². The first-order chi connectivity index (χ1) is 7.57. The zero-order chi connectivity index (χ0) is 11.8. The van der Waals surface area contributed by atoms with Gasteiger partial charge in [-0.3, -0.25) is 0 Å². The topological polar surface area (TPSA) is 26.0 Å².